The monoisotopic (exact) mass is 502 g/mol. The van der Waals surface area contributed by atoms with Gasteiger partial charge in [-0.3, -0.25) is 4.79 Å². The maximum absolute atomic E-state index is 13.5. The number of esters is 1. The summed E-state index contributed by atoms with van der Waals surface area (Å²) in [6, 6.07) is 19.7. The van der Waals surface area contributed by atoms with E-state index in [2.05, 4.69) is 10.3 Å². The van der Waals surface area contributed by atoms with E-state index in [1.165, 1.54) is 11.3 Å². The maximum atomic E-state index is 13.5. The van der Waals surface area contributed by atoms with Gasteiger partial charge >= 0.3 is 5.97 Å². The molecule has 1 saturated heterocycles. The standard InChI is InChI=1S/C27H26N4O4S/c1-18-9-11-19(12-10-18)22-14-24(32)23(16-30(22)26(33)25-8-5-13-36-25)31-15-21(28-29-31)17-35-27(34)20-6-3-2-4-7-20/h2-13,15,22-24,32H,14,16-17H2,1H3/t22-,23-,24-/m1/s1. The van der Waals surface area contributed by atoms with Gasteiger partial charge in [0, 0.05) is 13.0 Å². The molecule has 0 spiro atoms. The molecular formula is C27H26N4O4S. The van der Waals surface area contributed by atoms with E-state index in [-0.39, 0.29) is 25.1 Å². The Bertz CT molecular complexity index is 1320. The lowest BCUT2D eigenvalue weighted by molar-refractivity contribution is -0.00170. The first kappa shape index (κ1) is 23.9. The summed E-state index contributed by atoms with van der Waals surface area (Å²) in [4.78, 5) is 28.2. The molecule has 8 nitrogen and oxygen atoms in total. The van der Waals surface area contributed by atoms with Crippen molar-refractivity contribution in [1.82, 2.24) is 19.9 Å². The average Bonchev–Trinajstić information content (AvgIpc) is 3.61. The van der Waals surface area contributed by atoms with Crippen LogP contribution in [0.5, 0.6) is 0 Å². The molecule has 1 amide bonds. The number of aryl methyl sites for hydroxylation is 1. The zero-order valence-electron chi connectivity index (χ0n) is 19.7. The Morgan fingerprint density at radius 2 is 1.86 bits per heavy atom. The highest BCUT2D eigenvalue weighted by molar-refractivity contribution is 7.12. The van der Waals surface area contributed by atoms with E-state index in [1.807, 2.05) is 59.7 Å². The maximum Gasteiger partial charge on any atom is 0.338 e. The molecule has 1 aliphatic rings. The van der Waals surface area contributed by atoms with Crippen molar-refractivity contribution in [3.63, 3.8) is 0 Å². The number of piperidine rings is 1. The van der Waals surface area contributed by atoms with Gasteiger partial charge in [-0.25, -0.2) is 9.48 Å². The Morgan fingerprint density at radius 1 is 1.08 bits per heavy atom. The highest BCUT2D eigenvalue weighted by atomic mass is 32.1. The molecule has 3 atom stereocenters. The smallest absolute Gasteiger partial charge is 0.338 e. The normalized spacial score (nSPS) is 19.7. The number of ether oxygens (including phenoxy) is 1. The summed E-state index contributed by atoms with van der Waals surface area (Å²) in [6.45, 7) is 2.24. The number of thiophene rings is 1. The molecule has 36 heavy (non-hydrogen) atoms. The van der Waals surface area contributed by atoms with Crippen LogP contribution in [0.2, 0.25) is 0 Å². The van der Waals surface area contributed by atoms with Crippen LogP contribution in [0, 0.1) is 6.92 Å². The first-order valence-corrected chi connectivity index (χ1v) is 12.6. The lowest BCUT2D eigenvalue weighted by Crippen LogP contribution is -2.48. The predicted molar refractivity (Wildman–Crippen MR) is 135 cm³/mol. The van der Waals surface area contributed by atoms with Crippen molar-refractivity contribution < 1.29 is 19.4 Å². The number of benzene rings is 2. The van der Waals surface area contributed by atoms with Gasteiger partial charge in [0.15, 0.2) is 0 Å². The third-order valence-corrected chi connectivity index (χ3v) is 7.24. The number of hydrogen-bond donors (Lipinski definition) is 1. The number of carbonyl (C=O) groups is 2. The van der Waals surface area contributed by atoms with Gasteiger partial charge in [-0.05, 0) is 36.1 Å². The summed E-state index contributed by atoms with van der Waals surface area (Å²) >= 11 is 1.40. The number of aromatic nitrogens is 3. The van der Waals surface area contributed by atoms with Crippen LogP contribution in [-0.2, 0) is 11.3 Å². The van der Waals surface area contributed by atoms with Gasteiger partial charge < -0.3 is 14.7 Å². The van der Waals surface area contributed by atoms with Gasteiger partial charge in [-0.15, -0.1) is 16.4 Å². The summed E-state index contributed by atoms with van der Waals surface area (Å²) in [5.41, 5.74) is 3.03. The topological polar surface area (TPSA) is 97.5 Å². The molecule has 1 fully saturated rings. The predicted octanol–water partition coefficient (Wildman–Crippen LogP) is 4.19. The van der Waals surface area contributed by atoms with E-state index in [0.717, 1.165) is 11.1 Å². The Kier molecular flexibility index (Phi) is 6.92. The number of likely N-dealkylation sites (tertiary alicyclic amines) is 1. The second-order valence-corrected chi connectivity index (χ2v) is 9.81. The zero-order valence-corrected chi connectivity index (χ0v) is 20.5. The molecule has 0 saturated carbocycles. The van der Waals surface area contributed by atoms with E-state index in [1.54, 1.807) is 35.1 Å². The summed E-state index contributed by atoms with van der Waals surface area (Å²) in [5.74, 6) is -0.527. The third-order valence-electron chi connectivity index (χ3n) is 6.38. The second kappa shape index (κ2) is 10.4. The SMILES string of the molecule is Cc1ccc([C@H]2C[C@@H](O)[C@H](n3cc(COC(=O)c4ccccc4)nn3)CN2C(=O)c2cccs2)cc1. The van der Waals surface area contributed by atoms with Gasteiger partial charge in [0.25, 0.3) is 5.91 Å². The summed E-state index contributed by atoms with van der Waals surface area (Å²) in [7, 11) is 0. The van der Waals surface area contributed by atoms with E-state index in [9.17, 15) is 14.7 Å². The van der Waals surface area contributed by atoms with Crippen LogP contribution >= 0.6 is 11.3 Å². The first-order chi connectivity index (χ1) is 17.5. The summed E-state index contributed by atoms with van der Waals surface area (Å²) in [6.07, 6.45) is 1.28. The molecule has 2 aromatic carbocycles. The minimum Gasteiger partial charge on any atom is -0.455 e. The van der Waals surface area contributed by atoms with Crippen LogP contribution in [-0.4, -0.2) is 49.5 Å². The van der Waals surface area contributed by atoms with Gasteiger partial charge in [0.2, 0.25) is 0 Å². The Labute approximate surface area is 212 Å². The number of amides is 1. The van der Waals surface area contributed by atoms with Crippen molar-refractivity contribution in [3.8, 4) is 0 Å². The molecule has 0 unspecified atom stereocenters. The zero-order chi connectivity index (χ0) is 25.1. The van der Waals surface area contributed by atoms with Crippen LogP contribution in [0.25, 0.3) is 0 Å². The fourth-order valence-corrected chi connectivity index (χ4v) is 5.11. The van der Waals surface area contributed by atoms with Gasteiger partial charge in [0.1, 0.15) is 12.3 Å². The molecule has 5 rings (SSSR count). The van der Waals surface area contributed by atoms with Crippen molar-refractivity contribution in [1.29, 1.82) is 0 Å². The number of carbonyl (C=O) groups excluding carboxylic acids is 2. The van der Waals surface area contributed by atoms with Crippen molar-refractivity contribution in [2.24, 2.45) is 0 Å². The number of aliphatic hydroxyl groups excluding tert-OH is 1. The fraction of sp³-hybridized carbons (Fsp3) is 0.259. The number of hydrogen-bond acceptors (Lipinski definition) is 7. The van der Waals surface area contributed by atoms with Gasteiger partial charge in [-0.2, -0.15) is 0 Å². The van der Waals surface area contributed by atoms with Gasteiger partial charge in [0.05, 0.1) is 34.8 Å². The molecule has 4 aromatic rings. The number of nitrogens with zero attached hydrogens (tertiary/aromatic N) is 4. The minimum absolute atomic E-state index is 0.0413. The number of aliphatic hydroxyl groups is 1. The number of rotatable bonds is 6. The molecule has 2 aromatic heterocycles. The molecule has 0 aliphatic carbocycles. The molecular weight excluding hydrogens is 476 g/mol. The Balaban J connectivity index is 1.34. The Morgan fingerprint density at radius 3 is 2.58 bits per heavy atom. The van der Waals surface area contributed by atoms with Crippen LogP contribution < -0.4 is 0 Å². The lowest BCUT2D eigenvalue weighted by atomic mass is 9.90. The van der Waals surface area contributed by atoms with Crippen molar-refractivity contribution in [2.45, 2.75) is 38.1 Å². The quantitative estimate of drug-likeness (QED) is 0.397. The first-order valence-electron chi connectivity index (χ1n) is 11.7. The van der Waals surface area contributed by atoms with Crippen LogP contribution in [0.3, 0.4) is 0 Å². The molecule has 9 heteroatoms. The summed E-state index contributed by atoms with van der Waals surface area (Å²) < 4.78 is 6.92. The Hall–Kier alpha value is -3.82. The second-order valence-electron chi connectivity index (χ2n) is 8.86. The molecule has 1 aliphatic heterocycles. The van der Waals surface area contributed by atoms with Crippen molar-refractivity contribution in [2.75, 3.05) is 6.54 Å². The fourth-order valence-electron chi connectivity index (χ4n) is 4.43. The van der Waals surface area contributed by atoms with E-state index in [4.69, 9.17) is 4.74 Å². The third kappa shape index (κ3) is 5.07. The molecule has 3 heterocycles. The summed E-state index contributed by atoms with van der Waals surface area (Å²) in [5, 5.41) is 21.3. The van der Waals surface area contributed by atoms with Gasteiger partial charge in [-0.1, -0.05) is 59.3 Å². The molecule has 1 N–H and O–H groups in total. The highest BCUT2D eigenvalue weighted by Gasteiger charge is 2.40. The minimum atomic E-state index is -0.745. The van der Waals surface area contributed by atoms with Crippen LogP contribution in [0.15, 0.2) is 78.3 Å². The largest absolute Gasteiger partial charge is 0.455 e. The van der Waals surface area contributed by atoms with E-state index in [0.29, 0.717) is 22.6 Å². The lowest BCUT2D eigenvalue weighted by Gasteiger charge is -2.42. The molecule has 0 radical (unpaired) electrons. The van der Waals surface area contributed by atoms with E-state index < -0.39 is 18.1 Å². The van der Waals surface area contributed by atoms with Crippen molar-refractivity contribution >= 4 is 23.2 Å². The molecule has 184 valence electrons. The van der Waals surface area contributed by atoms with Crippen molar-refractivity contribution in [3.05, 3.63) is 106 Å². The van der Waals surface area contributed by atoms with E-state index >= 15 is 0 Å². The highest BCUT2D eigenvalue weighted by Crippen LogP contribution is 2.37. The average molecular weight is 503 g/mol. The molecule has 0 bridgehead atoms. The van der Waals surface area contributed by atoms with Crippen LogP contribution in [0.1, 0.15) is 55.4 Å². The van der Waals surface area contributed by atoms with Crippen LogP contribution in [0.4, 0.5) is 0 Å².